The van der Waals surface area contributed by atoms with Gasteiger partial charge >= 0.3 is 6.36 Å². The Bertz CT molecular complexity index is 432. The molecule has 1 unspecified atom stereocenters. The van der Waals surface area contributed by atoms with Gasteiger partial charge in [0.05, 0.1) is 0 Å². The molecule has 1 aromatic rings. The van der Waals surface area contributed by atoms with Gasteiger partial charge in [-0.25, -0.2) is 0 Å². The highest BCUT2D eigenvalue weighted by molar-refractivity contribution is 6.20. The first-order chi connectivity index (χ1) is 8.69. The van der Waals surface area contributed by atoms with Crippen molar-refractivity contribution in [3.8, 4) is 5.75 Å². The molecule has 1 aromatic carbocycles. The predicted molar refractivity (Wildman–Crippen MR) is 65.4 cm³/mol. The summed E-state index contributed by atoms with van der Waals surface area (Å²) in [5, 5.41) is -0.207. The lowest BCUT2D eigenvalue weighted by Crippen LogP contribution is -2.31. The normalized spacial score (nSPS) is 12.9. The summed E-state index contributed by atoms with van der Waals surface area (Å²) in [6.45, 7) is 2.09. The van der Waals surface area contributed by atoms with E-state index in [1.807, 2.05) is 0 Å². The Morgan fingerprint density at radius 2 is 1.89 bits per heavy atom. The molecule has 19 heavy (non-hydrogen) atoms. The van der Waals surface area contributed by atoms with Crippen LogP contribution in [0, 0.1) is 0 Å². The molecule has 106 valence electrons. The molecular formula is C12H13ClF3NO2. The van der Waals surface area contributed by atoms with Gasteiger partial charge in [0.25, 0.3) is 5.91 Å². The quantitative estimate of drug-likeness (QED) is 0.798. The smallest absolute Gasteiger partial charge is 0.406 e. The van der Waals surface area contributed by atoms with Crippen LogP contribution in [0.5, 0.6) is 5.75 Å². The summed E-state index contributed by atoms with van der Waals surface area (Å²) in [4.78, 5) is 13.3. The second-order valence-corrected chi connectivity index (χ2v) is 4.78. The molecule has 3 nitrogen and oxygen atoms in total. The van der Waals surface area contributed by atoms with Gasteiger partial charge in [-0.15, -0.1) is 24.8 Å². The summed E-state index contributed by atoms with van der Waals surface area (Å²) in [5.41, 5.74) is 0.273. The van der Waals surface area contributed by atoms with Crippen LogP contribution in [0.25, 0.3) is 0 Å². The van der Waals surface area contributed by atoms with E-state index >= 15 is 0 Å². The Morgan fingerprint density at radius 3 is 2.32 bits per heavy atom. The molecule has 0 radical (unpaired) electrons. The number of carbonyl (C=O) groups excluding carboxylic acids is 1. The van der Waals surface area contributed by atoms with Crippen molar-refractivity contribution in [3.05, 3.63) is 29.8 Å². The van der Waals surface area contributed by atoms with Crippen molar-refractivity contribution < 1.29 is 22.7 Å². The summed E-state index contributed by atoms with van der Waals surface area (Å²) in [6, 6.07) is 4.75. The summed E-state index contributed by atoms with van der Waals surface area (Å²) in [5.74, 6) is -0.677. The number of halogens is 4. The topological polar surface area (TPSA) is 29.5 Å². The second-order valence-electron chi connectivity index (χ2n) is 4.04. The van der Waals surface area contributed by atoms with E-state index in [9.17, 15) is 18.0 Å². The zero-order valence-corrected chi connectivity index (χ0v) is 11.1. The van der Waals surface area contributed by atoms with E-state index in [2.05, 4.69) is 4.74 Å². The number of amides is 1. The highest BCUT2D eigenvalue weighted by Gasteiger charge is 2.31. The molecule has 1 rings (SSSR count). The van der Waals surface area contributed by atoms with Crippen LogP contribution in [0.4, 0.5) is 13.2 Å². The Kier molecular flexibility index (Phi) is 5.05. The fourth-order valence-corrected chi connectivity index (χ4v) is 1.69. The lowest BCUT2D eigenvalue weighted by atomic mass is 10.2. The van der Waals surface area contributed by atoms with E-state index in [4.69, 9.17) is 11.6 Å². The molecule has 0 spiro atoms. The van der Waals surface area contributed by atoms with E-state index in [1.165, 1.54) is 17.0 Å². The summed E-state index contributed by atoms with van der Waals surface area (Å²) >= 11 is 5.76. The van der Waals surface area contributed by atoms with Crippen LogP contribution in [0.15, 0.2) is 24.3 Å². The van der Waals surface area contributed by atoms with Crippen LogP contribution in [-0.2, 0) is 0 Å². The maximum atomic E-state index is 12.0. The third-order valence-corrected chi connectivity index (χ3v) is 2.34. The molecule has 1 atom stereocenters. The number of ether oxygens (including phenoxy) is 1. The molecule has 0 aliphatic rings. The lowest BCUT2D eigenvalue weighted by molar-refractivity contribution is -0.274. The van der Waals surface area contributed by atoms with Crippen molar-refractivity contribution in [2.45, 2.75) is 18.7 Å². The molecule has 0 fully saturated rings. The van der Waals surface area contributed by atoms with Crippen LogP contribution in [-0.4, -0.2) is 36.1 Å². The number of alkyl halides is 4. The largest absolute Gasteiger partial charge is 0.573 e. The van der Waals surface area contributed by atoms with Gasteiger partial charge in [-0.3, -0.25) is 4.79 Å². The molecule has 0 aliphatic heterocycles. The van der Waals surface area contributed by atoms with Crippen molar-refractivity contribution in [2.24, 2.45) is 0 Å². The molecule has 0 bridgehead atoms. The average molecular weight is 296 g/mol. The number of benzene rings is 1. The highest BCUT2D eigenvalue weighted by atomic mass is 35.5. The van der Waals surface area contributed by atoms with Crippen molar-refractivity contribution in [3.63, 3.8) is 0 Å². The Balaban J connectivity index is 2.73. The highest BCUT2D eigenvalue weighted by Crippen LogP contribution is 2.23. The third-order valence-electron chi connectivity index (χ3n) is 2.21. The van der Waals surface area contributed by atoms with Crippen LogP contribution < -0.4 is 4.74 Å². The molecule has 0 saturated carbocycles. The van der Waals surface area contributed by atoms with Crippen molar-refractivity contribution >= 4 is 17.5 Å². The van der Waals surface area contributed by atoms with Crippen LogP contribution in [0.2, 0.25) is 0 Å². The molecule has 0 aliphatic carbocycles. The minimum atomic E-state index is -4.74. The molecule has 0 saturated heterocycles. The number of hydrogen-bond donors (Lipinski definition) is 0. The Morgan fingerprint density at radius 1 is 1.37 bits per heavy atom. The van der Waals surface area contributed by atoms with E-state index in [0.717, 1.165) is 12.1 Å². The summed E-state index contributed by atoms with van der Waals surface area (Å²) in [7, 11) is 1.57. The maximum Gasteiger partial charge on any atom is 0.573 e. The fourth-order valence-electron chi connectivity index (χ4n) is 1.48. The first-order valence-electron chi connectivity index (χ1n) is 5.44. The van der Waals surface area contributed by atoms with E-state index in [0.29, 0.717) is 6.54 Å². The first kappa shape index (κ1) is 15.6. The van der Waals surface area contributed by atoms with Crippen molar-refractivity contribution in [2.75, 3.05) is 13.6 Å². The van der Waals surface area contributed by atoms with Crippen molar-refractivity contribution in [1.82, 2.24) is 4.90 Å². The van der Waals surface area contributed by atoms with Gasteiger partial charge in [0.15, 0.2) is 0 Å². The lowest BCUT2D eigenvalue weighted by Gasteiger charge is -2.18. The standard InChI is InChI=1S/C12H13ClF3NO2/c1-8(13)7-17(2)11(18)9-3-5-10(6-4-9)19-12(14,15)16/h3-6,8H,7H2,1-2H3. The molecule has 0 heterocycles. The molecular weight excluding hydrogens is 283 g/mol. The van der Waals surface area contributed by atoms with Gasteiger partial charge in [0.1, 0.15) is 5.75 Å². The zero-order valence-electron chi connectivity index (χ0n) is 10.4. The Hall–Kier alpha value is -1.43. The van der Waals surface area contributed by atoms with E-state index in [1.54, 1.807) is 14.0 Å². The van der Waals surface area contributed by atoms with Gasteiger partial charge in [-0.1, -0.05) is 0 Å². The summed E-state index contributed by atoms with van der Waals surface area (Å²) < 4.78 is 39.6. The van der Waals surface area contributed by atoms with Gasteiger partial charge in [0.2, 0.25) is 0 Å². The minimum Gasteiger partial charge on any atom is -0.406 e. The number of nitrogens with zero attached hydrogens (tertiary/aromatic N) is 1. The van der Waals surface area contributed by atoms with Crippen LogP contribution >= 0.6 is 11.6 Å². The maximum absolute atomic E-state index is 12.0. The molecule has 0 N–H and O–H groups in total. The third kappa shape index (κ3) is 5.38. The number of carbonyl (C=O) groups is 1. The van der Waals surface area contributed by atoms with Crippen LogP contribution in [0.3, 0.4) is 0 Å². The first-order valence-corrected chi connectivity index (χ1v) is 5.88. The monoisotopic (exact) mass is 295 g/mol. The fraction of sp³-hybridized carbons (Fsp3) is 0.417. The molecule has 0 aromatic heterocycles. The number of rotatable bonds is 4. The number of hydrogen-bond acceptors (Lipinski definition) is 2. The van der Waals surface area contributed by atoms with Crippen molar-refractivity contribution in [1.29, 1.82) is 0 Å². The zero-order chi connectivity index (χ0) is 14.6. The van der Waals surface area contributed by atoms with Gasteiger partial charge < -0.3 is 9.64 Å². The van der Waals surface area contributed by atoms with Gasteiger partial charge in [0, 0.05) is 24.5 Å². The molecule has 7 heteroatoms. The van der Waals surface area contributed by atoms with E-state index in [-0.39, 0.29) is 22.6 Å². The molecule has 1 amide bonds. The van der Waals surface area contributed by atoms with Crippen LogP contribution in [0.1, 0.15) is 17.3 Å². The van der Waals surface area contributed by atoms with Gasteiger partial charge in [-0.05, 0) is 31.2 Å². The second kappa shape index (κ2) is 6.14. The SMILES string of the molecule is CC(Cl)CN(C)C(=O)c1ccc(OC(F)(F)F)cc1. The summed E-state index contributed by atoms with van der Waals surface area (Å²) in [6.07, 6.45) is -4.74. The minimum absolute atomic E-state index is 0.207. The average Bonchev–Trinajstić information content (AvgIpc) is 2.26. The van der Waals surface area contributed by atoms with E-state index < -0.39 is 6.36 Å². The Labute approximate surface area is 113 Å². The van der Waals surface area contributed by atoms with Gasteiger partial charge in [-0.2, -0.15) is 0 Å². The predicted octanol–water partition coefficient (Wildman–Crippen LogP) is 3.28.